The van der Waals surface area contributed by atoms with Crippen molar-refractivity contribution in [2.24, 2.45) is 0 Å². The lowest BCUT2D eigenvalue weighted by atomic mass is 9.66. The van der Waals surface area contributed by atoms with E-state index in [1.54, 1.807) is 18.5 Å². The van der Waals surface area contributed by atoms with Crippen molar-refractivity contribution in [3.05, 3.63) is 52.5 Å². The number of pyridine rings is 1. The molecule has 3 aromatic rings. The molecule has 0 aliphatic heterocycles. The first-order valence-corrected chi connectivity index (χ1v) is 9.68. The Hall–Kier alpha value is -2.45. The number of nitrogens with one attached hydrogen (secondary N) is 1. The average Bonchev–Trinajstić information content (AvgIpc) is 3.11. The molecule has 0 atom stereocenters. The molecule has 1 aliphatic rings. The smallest absolute Gasteiger partial charge is 0.148 e. The summed E-state index contributed by atoms with van der Waals surface area (Å²) in [6.07, 6.45) is 6.17. The van der Waals surface area contributed by atoms with Crippen molar-refractivity contribution in [1.29, 1.82) is 0 Å². The molecule has 0 unspecified atom stereocenters. The lowest BCUT2D eigenvalue weighted by molar-refractivity contribution is 0.243. The van der Waals surface area contributed by atoms with E-state index in [-0.39, 0.29) is 17.8 Å². The normalized spacial score (nSPS) is 15.4. The summed E-state index contributed by atoms with van der Waals surface area (Å²) in [6, 6.07) is 5.01. The van der Waals surface area contributed by atoms with Crippen LogP contribution < -0.4 is 5.32 Å². The van der Waals surface area contributed by atoms with Gasteiger partial charge in [0.1, 0.15) is 22.3 Å². The van der Waals surface area contributed by atoms with E-state index in [2.05, 4.69) is 25.5 Å². The minimum atomic E-state index is -0.287. The highest BCUT2D eigenvalue weighted by molar-refractivity contribution is 7.15. The molecular formula is C19H20FN5OS. The highest BCUT2D eigenvalue weighted by atomic mass is 32.1. The lowest BCUT2D eigenvalue weighted by Crippen LogP contribution is -2.42. The number of aliphatic hydroxyl groups excluding tert-OH is 1. The summed E-state index contributed by atoms with van der Waals surface area (Å²) < 4.78 is 14.2. The maximum atomic E-state index is 14.2. The molecule has 2 N–H and O–H groups in total. The Kier molecular flexibility index (Phi) is 4.84. The first kappa shape index (κ1) is 17.9. The van der Waals surface area contributed by atoms with E-state index >= 15 is 0 Å². The van der Waals surface area contributed by atoms with Crippen molar-refractivity contribution in [2.75, 3.05) is 11.9 Å². The molecule has 0 amide bonds. The summed E-state index contributed by atoms with van der Waals surface area (Å²) >= 11 is 1.40. The number of rotatable bonds is 6. The van der Waals surface area contributed by atoms with E-state index in [1.807, 2.05) is 13.0 Å². The average molecular weight is 385 g/mol. The second-order valence-corrected chi connectivity index (χ2v) is 7.99. The van der Waals surface area contributed by atoms with Gasteiger partial charge in [0.15, 0.2) is 0 Å². The zero-order valence-electron chi connectivity index (χ0n) is 14.9. The van der Waals surface area contributed by atoms with Crippen LogP contribution in [-0.4, -0.2) is 31.8 Å². The molecule has 3 aromatic heterocycles. The fraction of sp³-hybridized carbons (Fsp3) is 0.368. The first-order valence-electron chi connectivity index (χ1n) is 8.86. The van der Waals surface area contributed by atoms with Crippen molar-refractivity contribution in [3.63, 3.8) is 0 Å². The second-order valence-electron chi connectivity index (χ2n) is 6.87. The van der Waals surface area contributed by atoms with Gasteiger partial charge in [-0.1, -0.05) is 6.42 Å². The molecule has 27 heavy (non-hydrogen) atoms. The summed E-state index contributed by atoms with van der Waals surface area (Å²) in [7, 11) is 0. The van der Waals surface area contributed by atoms with E-state index in [0.717, 1.165) is 34.7 Å². The number of nitrogens with zero attached hydrogens (tertiary/aromatic N) is 4. The van der Waals surface area contributed by atoms with Gasteiger partial charge in [-0.25, -0.2) is 9.37 Å². The Labute approximate surface area is 160 Å². The molecule has 0 saturated heterocycles. The largest absolute Gasteiger partial charge is 0.391 e. The molecule has 1 aliphatic carbocycles. The van der Waals surface area contributed by atoms with E-state index in [4.69, 9.17) is 0 Å². The molecule has 4 rings (SSSR count). The highest BCUT2D eigenvalue weighted by Gasteiger charge is 2.41. The van der Waals surface area contributed by atoms with Crippen LogP contribution in [0.25, 0.3) is 10.7 Å². The van der Waals surface area contributed by atoms with Crippen LogP contribution in [0.1, 0.15) is 35.4 Å². The van der Waals surface area contributed by atoms with Crippen LogP contribution >= 0.6 is 11.3 Å². The predicted molar refractivity (Wildman–Crippen MR) is 102 cm³/mol. The van der Waals surface area contributed by atoms with Crippen LogP contribution in [0.2, 0.25) is 0 Å². The number of halogens is 1. The summed E-state index contributed by atoms with van der Waals surface area (Å²) in [5.41, 5.74) is 1.90. The van der Waals surface area contributed by atoms with Crippen molar-refractivity contribution < 1.29 is 9.50 Å². The molecule has 8 heteroatoms. The monoisotopic (exact) mass is 385 g/mol. The molecule has 0 radical (unpaired) electrons. The lowest BCUT2D eigenvalue weighted by Gasteiger charge is -2.41. The Bertz CT molecular complexity index is 957. The van der Waals surface area contributed by atoms with Gasteiger partial charge >= 0.3 is 0 Å². The molecular weight excluding hydrogens is 365 g/mol. The number of hydrogen-bond donors (Lipinski definition) is 2. The topological polar surface area (TPSA) is 83.8 Å². The zero-order valence-corrected chi connectivity index (χ0v) is 15.8. The Morgan fingerprint density at radius 3 is 2.78 bits per heavy atom. The maximum absolute atomic E-state index is 14.2. The minimum absolute atomic E-state index is 0.0318. The molecule has 6 nitrogen and oxygen atoms in total. The third-order valence-corrected chi connectivity index (χ3v) is 6.06. The molecule has 140 valence electrons. The van der Waals surface area contributed by atoms with E-state index in [0.29, 0.717) is 23.8 Å². The number of thiazole rings is 1. The van der Waals surface area contributed by atoms with Crippen molar-refractivity contribution in [3.8, 4) is 10.7 Å². The number of aryl methyl sites for hydroxylation is 1. The van der Waals surface area contributed by atoms with Crippen LogP contribution in [-0.2, 0) is 12.0 Å². The molecule has 0 spiro atoms. The van der Waals surface area contributed by atoms with Gasteiger partial charge in [-0.15, -0.1) is 21.5 Å². The van der Waals surface area contributed by atoms with Gasteiger partial charge < -0.3 is 10.4 Å². The van der Waals surface area contributed by atoms with Crippen LogP contribution in [0.5, 0.6) is 0 Å². The number of aromatic nitrogens is 4. The van der Waals surface area contributed by atoms with Gasteiger partial charge in [-0.05, 0) is 43.5 Å². The van der Waals surface area contributed by atoms with Gasteiger partial charge in [0.2, 0.25) is 0 Å². The number of aliphatic hydroxyl groups is 1. The van der Waals surface area contributed by atoms with Crippen LogP contribution in [0, 0.1) is 12.7 Å². The predicted octanol–water partition coefficient (Wildman–Crippen LogP) is 3.47. The van der Waals surface area contributed by atoms with Crippen LogP contribution in [0.15, 0.2) is 30.6 Å². The van der Waals surface area contributed by atoms with E-state index in [1.165, 1.54) is 17.4 Å². The van der Waals surface area contributed by atoms with Gasteiger partial charge in [-0.2, -0.15) is 0 Å². The maximum Gasteiger partial charge on any atom is 0.148 e. The SMILES string of the molecule is Cc1cc(NCC2(c3ncccc3F)CCC2)nnc1-c1ncc(CO)s1. The summed E-state index contributed by atoms with van der Waals surface area (Å²) in [5.74, 6) is 0.401. The Balaban J connectivity index is 1.51. The molecule has 1 fully saturated rings. The van der Waals surface area contributed by atoms with E-state index < -0.39 is 0 Å². The minimum Gasteiger partial charge on any atom is -0.391 e. The van der Waals surface area contributed by atoms with Gasteiger partial charge in [0, 0.05) is 24.4 Å². The molecule has 1 saturated carbocycles. The third kappa shape index (κ3) is 3.42. The fourth-order valence-electron chi connectivity index (χ4n) is 3.41. The zero-order chi connectivity index (χ0) is 18.9. The molecule has 0 bridgehead atoms. The van der Waals surface area contributed by atoms with Gasteiger partial charge in [-0.3, -0.25) is 4.98 Å². The fourth-order valence-corrected chi connectivity index (χ4v) is 4.23. The van der Waals surface area contributed by atoms with E-state index in [9.17, 15) is 9.50 Å². The number of hydrogen-bond acceptors (Lipinski definition) is 7. The van der Waals surface area contributed by atoms with Crippen LogP contribution in [0.4, 0.5) is 10.2 Å². The van der Waals surface area contributed by atoms with Gasteiger partial charge in [0.25, 0.3) is 0 Å². The van der Waals surface area contributed by atoms with Crippen molar-refractivity contribution in [2.45, 2.75) is 38.2 Å². The Morgan fingerprint density at radius 1 is 1.30 bits per heavy atom. The second kappa shape index (κ2) is 7.28. The van der Waals surface area contributed by atoms with Crippen LogP contribution in [0.3, 0.4) is 0 Å². The quantitative estimate of drug-likeness (QED) is 0.676. The summed E-state index contributed by atoms with van der Waals surface area (Å²) in [5, 5.41) is 21.8. The Morgan fingerprint density at radius 2 is 2.15 bits per heavy atom. The molecule has 0 aromatic carbocycles. The standard InChI is InChI=1S/C19H20FN5OS/c1-12-8-15(24-25-16(12)18-22-9-13(10-26)27-18)23-11-19(5-3-6-19)17-14(20)4-2-7-21-17/h2,4,7-9,26H,3,5-6,10-11H2,1H3,(H,23,24). The van der Waals surface area contributed by atoms with Gasteiger partial charge in [0.05, 0.1) is 17.2 Å². The summed E-state index contributed by atoms with van der Waals surface area (Å²) in [6.45, 7) is 2.49. The third-order valence-electron chi connectivity index (χ3n) is 5.08. The van der Waals surface area contributed by atoms with Crippen molar-refractivity contribution >= 4 is 17.2 Å². The molecule has 3 heterocycles. The van der Waals surface area contributed by atoms with Crippen molar-refractivity contribution in [1.82, 2.24) is 20.2 Å². The highest BCUT2D eigenvalue weighted by Crippen LogP contribution is 2.43. The summed E-state index contributed by atoms with van der Waals surface area (Å²) in [4.78, 5) is 9.37. The number of anilines is 1. The first-order chi connectivity index (χ1) is 13.1.